The van der Waals surface area contributed by atoms with Gasteiger partial charge in [-0.05, 0) is 69.2 Å². The van der Waals surface area contributed by atoms with Gasteiger partial charge in [-0.3, -0.25) is 0 Å². The lowest BCUT2D eigenvalue weighted by Gasteiger charge is -2.20. The highest BCUT2D eigenvalue weighted by Gasteiger charge is 2.14. The maximum absolute atomic E-state index is 5.58. The molecule has 2 aliphatic rings. The van der Waals surface area contributed by atoms with Gasteiger partial charge in [-0.15, -0.1) is 0 Å². The molecule has 1 unspecified atom stereocenters. The van der Waals surface area contributed by atoms with E-state index >= 15 is 0 Å². The Bertz CT molecular complexity index is 506. The predicted octanol–water partition coefficient (Wildman–Crippen LogP) is 4.03. The highest BCUT2D eigenvalue weighted by atomic mass is 16.5. The van der Waals surface area contributed by atoms with Crippen molar-refractivity contribution >= 4 is 0 Å². The van der Waals surface area contributed by atoms with E-state index in [0.717, 1.165) is 25.2 Å². The second kappa shape index (κ2) is 7.13. The third-order valence-corrected chi connectivity index (χ3v) is 4.84. The van der Waals surface area contributed by atoms with Gasteiger partial charge < -0.3 is 10.1 Å². The van der Waals surface area contributed by atoms with E-state index in [9.17, 15) is 0 Å². The van der Waals surface area contributed by atoms with E-state index in [1.54, 1.807) is 5.57 Å². The molecule has 1 N–H and O–H groups in total. The first-order valence-corrected chi connectivity index (χ1v) is 8.45. The number of rotatable bonds is 6. The average molecular weight is 285 g/mol. The molecule has 0 amide bonds. The van der Waals surface area contributed by atoms with Gasteiger partial charge in [-0.1, -0.05) is 23.8 Å². The van der Waals surface area contributed by atoms with Crippen molar-refractivity contribution in [1.29, 1.82) is 0 Å². The molecule has 3 rings (SSSR count). The van der Waals surface area contributed by atoms with Gasteiger partial charge in [0, 0.05) is 12.5 Å². The van der Waals surface area contributed by atoms with E-state index in [1.807, 2.05) is 0 Å². The summed E-state index contributed by atoms with van der Waals surface area (Å²) in [4.78, 5) is 0. The minimum Gasteiger partial charge on any atom is -0.493 e. The second-order valence-electron chi connectivity index (χ2n) is 6.38. The minimum absolute atomic E-state index is 0.610. The summed E-state index contributed by atoms with van der Waals surface area (Å²) < 4.78 is 5.58. The third kappa shape index (κ3) is 3.88. The fraction of sp³-hybridized carbons (Fsp3) is 0.579. The normalized spacial score (nSPS) is 18.8. The van der Waals surface area contributed by atoms with Crippen molar-refractivity contribution in [2.75, 3.05) is 13.7 Å². The predicted molar refractivity (Wildman–Crippen MR) is 88.0 cm³/mol. The van der Waals surface area contributed by atoms with E-state index in [-0.39, 0.29) is 0 Å². The number of aryl methyl sites for hydroxylation is 1. The molecule has 0 saturated carbocycles. The van der Waals surface area contributed by atoms with Crippen molar-refractivity contribution < 1.29 is 4.74 Å². The Labute approximate surface area is 128 Å². The number of fused-ring (bicyclic) bond motifs is 1. The van der Waals surface area contributed by atoms with E-state index in [1.165, 1.54) is 49.7 Å². The lowest BCUT2D eigenvalue weighted by atomic mass is 9.92. The standard InChI is InChI=1S/C19H27NO/c1-20-18(14-15-5-3-2-4-6-15)9-7-16-8-10-19-17(13-16)11-12-21-19/h5,8,10,13,18,20H,2-4,6-7,9,11-12,14H2,1H3. The van der Waals surface area contributed by atoms with Crippen molar-refractivity contribution in [1.82, 2.24) is 5.32 Å². The molecule has 0 spiro atoms. The quantitative estimate of drug-likeness (QED) is 0.797. The maximum atomic E-state index is 5.58. The molecule has 1 aromatic carbocycles. The number of benzene rings is 1. The Morgan fingerprint density at radius 1 is 1.24 bits per heavy atom. The summed E-state index contributed by atoms with van der Waals surface area (Å²) in [6.07, 6.45) is 12.5. The number of allylic oxidation sites excluding steroid dienone is 1. The van der Waals surface area contributed by atoms with Crippen molar-refractivity contribution in [3.63, 3.8) is 0 Å². The smallest absolute Gasteiger partial charge is 0.122 e. The SMILES string of the molecule is CNC(CCc1ccc2c(c1)CCO2)CC1=CCCCC1. The molecular weight excluding hydrogens is 258 g/mol. The van der Waals surface area contributed by atoms with Crippen LogP contribution in [-0.2, 0) is 12.8 Å². The number of nitrogens with one attached hydrogen (secondary N) is 1. The molecule has 1 aromatic rings. The molecule has 0 radical (unpaired) electrons. The summed E-state index contributed by atoms with van der Waals surface area (Å²) >= 11 is 0. The molecule has 1 aliphatic heterocycles. The van der Waals surface area contributed by atoms with E-state index < -0.39 is 0 Å². The highest BCUT2D eigenvalue weighted by molar-refractivity contribution is 5.39. The minimum atomic E-state index is 0.610. The molecule has 2 nitrogen and oxygen atoms in total. The number of hydrogen-bond acceptors (Lipinski definition) is 2. The summed E-state index contributed by atoms with van der Waals surface area (Å²) in [5, 5.41) is 3.51. The van der Waals surface area contributed by atoms with Crippen LogP contribution in [0.5, 0.6) is 5.75 Å². The Balaban J connectivity index is 1.53. The Kier molecular flexibility index (Phi) is 4.97. The Hall–Kier alpha value is -1.28. The van der Waals surface area contributed by atoms with Gasteiger partial charge in [0.15, 0.2) is 0 Å². The van der Waals surface area contributed by atoms with E-state index in [4.69, 9.17) is 4.74 Å². The zero-order valence-electron chi connectivity index (χ0n) is 13.2. The van der Waals surface area contributed by atoms with Crippen molar-refractivity contribution in [3.05, 3.63) is 41.0 Å². The molecule has 21 heavy (non-hydrogen) atoms. The summed E-state index contributed by atoms with van der Waals surface area (Å²) in [5.74, 6) is 1.09. The van der Waals surface area contributed by atoms with Gasteiger partial charge in [0.1, 0.15) is 5.75 Å². The van der Waals surface area contributed by atoms with Crippen LogP contribution in [0.1, 0.15) is 49.7 Å². The average Bonchev–Trinajstić information content (AvgIpc) is 3.00. The molecule has 0 saturated heterocycles. The van der Waals surface area contributed by atoms with Crippen molar-refractivity contribution in [2.45, 2.75) is 57.4 Å². The van der Waals surface area contributed by atoms with Crippen LogP contribution < -0.4 is 10.1 Å². The first-order chi connectivity index (χ1) is 10.3. The fourth-order valence-electron chi connectivity index (χ4n) is 3.49. The van der Waals surface area contributed by atoms with Crippen LogP contribution in [0, 0.1) is 0 Å². The van der Waals surface area contributed by atoms with Crippen LogP contribution in [0.25, 0.3) is 0 Å². The van der Waals surface area contributed by atoms with Gasteiger partial charge in [-0.25, -0.2) is 0 Å². The molecular formula is C19H27NO. The zero-order valence-corrected chi connectivity index (χ0v) is 13.2. The van der Waals surface area contributed by atoms with Crippen LogP contribution >= 0.6 is 0 Å². The first kappa shape index (κ1) is 14.6. The topological polar surface area (TPSA) is 21.3 Å². The summed E-state index contributed by atoms with van der Waals surface area (Å²) in [7, 11) is 2.10. The third-order valence-electron chi connectivity index (χ3n) is 4.84. The number of ether oxygens (including phenoxy) is 1. The zero-order chi connectivity index (χ0) is 14.5. The van der Waals surface area contributed by atoms with E-state index in [0.29, 0.717) is 6.04 Å². The van der Waals surface area contributed by atoms with Crippen LogP contribution in [0.3, 0.4) is 0 Å². The van der Waals surface area contributed by atoms with Gasteiger partial charge >= 0.3 is 0 Å². The summed E-state index contributed by atoms with van der Waals surface area (Å²) in [5.41, 5.74) is 4.52. The summed E-state index contributed by atoms with van der Waals surface area (Å²) in [6.45, 7) is 0.853. The van der Waals surface area contributed by atoms with E-state index in [2.05, 4.69) is 36.6 Å². The van der Waals surface area contributed by atoms with Crippen LogP contribution in [-0.4, -0.2) is 19.7 Å². The number of hydrogen-bond donors (Lipinski definition) is 1. The Morgan fingerprint density at radius 3 is 3.00 bits per heavy atom. The van der Waals surface area contributed by atoms with Crippen LogP contribution in [0.15, 0.2) is 29.8 Å². The molecule has 1 atom stereocenters. The van der Waals surface area contributed by atoms with Gasteiger partial charge in [0.25, 0.3) is 0 Å². The molecule has 114 valence electrons. The molecule has 0 fully saturated rings. The molecule has 0 aromatic heterocycles. The fourth-order valence-corrected chi connectivity index (χ4v) is 3.49. The van der Waals surface area contributed by atoms with Crippen LogP contribution in [0.4, 0.5) is 0 Å². The summed E-state index contributed by atoms with van der Waals surface area (Å²) in [6, 6.07) is 7.33. The van der Waals surface area contributed by atoms with Crippen molar-refractivity contribution in [2.24, 2.45) is 0 Å². The molecule has 1 heterocycles. The Morgan fingerprint density at radius 2 is 2.19 bits per heavy atom. The molecule has 1 aliphatic carbocycles. The first-order valence-electron chi connectivity index (χ1n) is 8.45. The van der Waals surface area contributed by atoms with Gasteiger partial charge in [0.05, 0.1) is 6.61 Å². The van der Waals surface area contributed by atoms with Gasteiger partial charge in [0.2, 0.25) is 0 Å². The second-order valence-corrected chi connectivity index (χ2v) is 6.38. The maximum Gasteiger partial charge on any atom is 0.122 e. The molecule has 2 heteroatoms. The highest BCUT2D eigenvalue weighted by Crippen LogP contribution is 2.27. The van der Waals surface area contributed by atoms with Crippen LogP contribution in [0.2, 0.25) is 0 Å². The largest absolute Gasteiger partial charge is 0.493 e. The van der Waals surface area contributed by atoms with Gasteiger partial charge in [-0.2, -0.15) is 0 Å². The lowest BCUT2D eigenvalue weighted by Crippen LogP contribution is -2.26. The molecule has 0 bridgehead atoms. The van der Waals surface area contributed by atoms with Crippen molar-refractivity contribution in [3.8, 4) is 5.75 Å². The monoisotopic (exact) mass is 285 g/mol. The lowest BCUT2D eigenvalue weighted by molar-refractivity contribution is 0.357.